The number of esters is 1. The zero-order valence-electron chi connectivity index (χ0n) is 8.24. The van der Waals surface area contributed by atoms with Gasteiger partial charge in [-0.25, -0.2) is 0 Å². The van der Waals surface area contributed by atoms with E-state index in [-0.39, 0.29) is 12.0 Å². The maximum Gasteiger partial charge on any atom is 0.323 e. The van der Waals surface area contributed by atoms with Crippen molar-refractivity contribution in [3.8, 4) is 0 Å². The van der Waals surface area contributed by atoms with Crippen LogP contribution >= 0.6 is 0 Å². The van der Waals surface area contributed by atoms with Crippen molar-refractivity contribution in [2.24, 2.45) is 5.92 Å². The third-order valence-electron chi connectivity index (χ3n) is 2.86. The normalized spacial score (nSPS) is 31.8. The molecular formula is C10H17NO3. The molecule has 2 rings (SSSR count). The van der Waals surface area contributed by atoms with Crippen LogP contribution in [0.15, 0.2) is 0 Å². The summed E-state index contributed by atoms with van der Waals surface area (Å²) in [5.74, 6) is 0.590. The zero-order chi connectivity index (χ0) is 9.97. The molecule has 1 aliphatic heterocycles. The molecule has 1 heterocycles. The zero-order valence-corrected chi connectivity index (χ0v) is 8.24. The minimum absolute atomic E-state index is 0.206. The number of aliphatic hydroxyl groups is 1. The van der Waals surface area contributed by atoms with Gasteiger partial charge in [0.25, 0.3) is 0 Å². The molecular weight excluding hydrogens is 182 g/mol. The highest BCUT2D eigenvalue weighted by atomic mass is 16.5. The van der Waals surface area contributed by atoms with Crippen LogP contribution in [0.5, 0.6) is 0 Å². The molecule has 1 saturated heterocycles. The van der Waals surface area contributed by atoms with Gasteiger partial charge >= 0.3 is 5.97 Å². The first-order valence-corrected chi connectivity index (χ1v) is 5.34. The van der Waals surface area contributed by atoms with Gasteiger partial charge in [0.2, 0.25) is 0 Å². The largest absolute Gasteiger partial charge is 0.465 e. The summed E-state index contributed by atoms with van der Waals surface area (Å²) in [6, 6.07) is -0.288. The predicted octanol–water partition coefficient (Wildman–Crippen LogP) is 0.0525. The molecule has 2 atom stereocenters. The molecule has 1 saturated carbocycles. The summed E-state index contributed by atoms with van der Waals surface area (Å²) in [4.78, 5) is 11.4. The van der Waals surface area contributed by atoms with Crippen molar-refractivity contribution in [3.63, 3.8) is 0 Å². The third kappa shape index (κ3) is 2.69. The topological polar surface area (TPSA) is 58.6 Å². The first kappa shape index (κ1) is 9.93. The number of nitrogens with one attached hydrogen (secondary N) is 1. The van der Waals surface area contributed by atoms with Crippen LogP contribution in [-0.4, -0.2) is 36.4 Å². The Labute approximate surface area is 83.6 Å². The Morgan fingerprint density at radius 2 is 2.29 bits per heavy atom. The Hall–Kier alpha value is -0.610. The smallest absolute Gasteiger partial charge is 0.323 e. The van der Waals surface area contributed by atoms with Gasteiger partial charge in [-0.1, -0.05) is 12.8 Å². The second-order valence-corrected chi connectivity index (χ2v) is 4.25. The number of carbonyl (C=O) groups is 1. The molecule has 2 fully saturated rings. The van der Waals surface area contributed by atoms with Gasteiger partial charge in [-0.05, 0) is 12.3 Å². The van der Waals surface area contributed by atoms with Crippen molar-refractivity contribution < 1.29 is 14.6 Å². The van der Waals surface area contributed by atoms with E-state index in [1.54, 1.807) is 0 Å². The molecule has 1 aliphatic carbocycles. The minimum Gasteiger partial charge on any atom is -0.465 e. The van der Waals surface area contributed by atoms with Crippen molar-refractivity contribution in [2.75, 3.05) is 13.2 Å². The lowest BCUT2D eigenvalue weighted by Gasteiger charge is -2.09. The van der Waals surface area contributed by atoms with Gasteiger partial charge < -0.3 is 15.2 Å². The summed E-state index contributed by atoms with van der Waals surface area (Å²) in [6.45, 7) is 1.04. The standard InChI is InChI=1S/C10H17NO3/c12-8-5-9(11-6-8)10(13)14-4-3-7-1-2-7/h7-9,11-12H,1-6H2/t8-,9-/m0/s1. The number of aliphatic hydroxyl groups excluding tert-OH is 1. The van der Waals surface area contributed by atoms with Crippen LogP contribution in [0.25, 0.3) is 0 Å². The Balaban J connectivity index is 1.61. The van der Waals surface area contributed by atoms with Gasteiger partial charge in [-0.3, -0.25) is 4.79 Å². The lowest BCUT2D eigenvalue weighted by atomic mass is 10.2. The molecule has 4 nitrogen and oxygen atoms in total. The van der Waals surface area contributed by atoms with E-state index in [0.717, 1.165) is 12.3 Å². The molecule has 4 heteroatoms. The van der Waals surface area contributed by atoms with E-state index >= 15 is 0 Å². The molecule has 0 bridgehead atoms. The predicted molar refractivity (Wildman–Crippen MR) is 50.7 cm³/mol. The number of rotatable bonds is 4. The van der Waals surface area contributed by atoms with Gasteiger partial charge in [-0.15, -0.1) is 0 Å². The number of β-amino-alcohol motifs (C(OH)–C–C–N with tert-alkyl or cyclic N) is 1. The minimum atomic E-state index is -0.393. The van der Waals surface area contributed by atoms with Crippen LogP contribution in [0.2, 0.25) is 0 Å². The number of hydrogen-bond acceptors (Lipinski definition) is 4. The van der Waals surface area contributed by atoms with E-state index in [0.29, 0.717) is 19.6 Å². The lowest BCUT2D eigenvalue weighted by molar-refractivity contribution is -0.146. The van der Waals surface area contributed by atoms with E-state index in [9.17, 15) is 9.90 Å². The lowest BCUT2D eigenvalue weighted by Crippen LogP contribution is -2.32. The van der Waals surface area contributed by atoms with Gasteiger partial charge in [0, 0.05) is 13.0 Å². The summed E-state index contributed by atoms with van der Waals surface area (Å²) in [7, 11) is 0. The van der Waals surface area contributed by atoms with Crippen molar-refractivity contribution in [2.45, 2.75) is 37.8 Å². The fraction of sp³-hybridized carbons (Fsp3) is 0.900. The Morgan fingerprint density at radius 1 is 1.50 bits per heavy atom. The number of carbonyl (C=O) groups excluding carboxylic acids is 1. The van der Waals surface area contributed by atoms with Crippen molar-refractivity contribution >= 4 is 5.97 Å². The van der Waals surface area contributed by atoms with Gasteiger partial charge in [0.15, 0.2) is 0 Å². The highest BCUT2D eigenvalue weighted by Crippen LogP contribution is 2.32. The summed E-state index contributed by atoms with van der Waals surface area (Å²) in [6.07, 6.45) is 3.68. The second kappa shape index (κ2) is 4.28. The highest BCUT2D eigenvalue weighted by Gasteiger charge is 2.29. The molecule has 0 amide bonds. The van der Waals surface area contributed by atoms with Gasteiger partial charge in [0.05, 0.1) is 12.7 Å². The molecule has 0 spiro atoms. The van der Waals surface area contributed by atoms with E-state index in [4.69, 9.17) is 4.74 Å². The van der Waals surface area contributed by atoms with E-state index in [1.165, 1.54) is 12.8 Å². The molecule has 2 aliphatic rings. The third-order valence-corrected chi connectivity index (χ3v) is 2.86. The van der Waals surface area contributed by atoms with E-state index < -0.39 is 6.10 Å². The highest BCUT2D eigenvalue weighted by molar-refractivity contribution is 5.76. The molecule has 80 valence electrons. The molecule has 0 aromatic carbocycles. The maximum absolute atomic E-state index is 11.4. The number of ether oxygens (including phenoxy) is 1. The summed E-state index contributed by atoms with van der Waals surface area (Å²) in [5.41, 5.74) is 0. The molecule has 14 heavy (non-hydrogen) atoms. The monoisotopic (exact) mass is 199 g/mol. The summed E-state index contributed by atoms with van der Waals surface area (Å²) >= 11 is 0. The molecule has 0 radical (unpaired) electrons. The fourth-order valence-corrected chi connectivity index (χ4v) is 1.73. The molecule has 2 N–H and O–H groups in total. The van der Waals surface area contributed by atoms with Crippen molar-refractivity contribution in [3.05, 3.63) is 0 Å². The van der Waals surface area contributed by atoms with Gasteiger partial charge in [-0.2, -0.15) is 0 Å². The number of hydrogen-bond donors (Lipinski definition) is 2. The second-order valence-electron chi connectivity index (χ2n) is 4.25. The van der Waals surface area contributed by atoms with Crippen LogP contribution in [0, 0.1) is 5.92 Å². The van der Waals surface area contributed by atoms with Crippen molar-refractivity contribution in [1.29, 1.82) is 0 Å². The molecule has 0 aromatic heterocycles. The maximum atomic E-state index is 11.4. The average molecular weight is 199 g/mol. The molecule has 0 unspecified atom stereocenters. The Bertz CT molecular complexity index is 215. The quantitative estimate of drug-likeness (QED) is 0.628. The Morgan fingerprint density at radius 3 is 2.86 bits per heavy atom. The van der Waals surface area contributed by atoms with Crippen LogP contribution in [-0.2, 0) is 9.53 Å². The first-order chi connectivity index (χ1) is 6.75. The van der Waals surface area contributed by atoms with Crippen LogP contribution in [0.3, 0.4) is 0 Å². The van der Waals surface area contributed by atoms with Crippen LogP contribution in [0.4, 0.5) is 0 Å². The van der Waals surface area contributed by atoms with E-state index in [1.807, 2.05) is 0 Å². The van der Waals surface area contributed by atoms with Crippen LogP contribution in [0.1, 0.15) is 25.7 Å². The van der Waals surface area contributed by atoms with E-state index in [2.05, 4.69) is 5.32 Å². The average Bonchev–Trinajstić information content (AvgIpc) is 2.87. The van der Waals surface area contributed by atoms with Crippen molar-refractivity contribution in [1.82, 2.24) is 5.32 Å². The SMILES string of the molecule is O=C(OCCC1CC1)[C@@H]1C[C@H](O)CN1. The molecule has 0 aromatic rings. The van der Waals surface area contributed by atoms with Gasteiger partial charge in [0.1, 0.15) is 6.04 Å². The first-order valence-electron chi connectivity index (χ1n) is 5.34. The van der Waals surface area contributed by atoms with Crippen LogP contribution < -0.4 is 5.32 Å². The Kier molecular flexibility index (Phi) is 3.03. The summed E-state index contributed by atoms with van der Waals surface area (Å²) in [5, 5.41) is 12.1. The summed E-state index contributed by atoms with van der Waals surface area (Å²) < 4.78 is 5.11. The fourth-order valence-electron chi connectivity index (χ4n) is 1.73.